The third-order valence-electron chi connectivity index (χ3n) is 3.84. The standard InChI is InChI=1S/C14H17ClF3N3O/c1-4-11(22)21(13(9-5-6-9)14(16,17)18)7-10-12(15)8(2)20(3)19-10/h4,9,13H,1,5-7H2,2-3H3. The molecule has 1 amide bonds. The molecule has 1 atom stereocenters. The van der Waals surface area contributed by atoms with Gasteiger partial charge in [-0.05, 0) is 31.8 Å². The van der Waals surface area contributed by atoms with Crippen molar-refractivity contribution >= 4 is 17.5 Å². The summed E-state index contributed by atoms with van der Waals surface area (Å²) in [5.74, 6) is -1.33. The first-order valence-electron chi connectivity index (χ1n) is 6.84. The SMILES string of the molecule is C=CC(=O)N(Cc1nn(C)c(C)c1Cl)C(C1CC1)C(F)(F)F. The fraction of sp³-hybridized carbons (Fsp3) is 0.571. The lowest BCUT2D eigenvalue weighted by molar-refractivity contribution is -0.194. The number of aromatic nitrogens is 2. The van der Waals surface area contributed by atoms with Crippen molar-refractivity contribution in [1.29, 1.82) is 0 Å². The van der Waals surface area contributed by atoms with E-state index < -0.39 is 24.0 Å². The lowest BCUT2D eigenvalue weighted by Gasteiger charge is -2.32. The lowest BCUT2D eigenvalue weighted by Crippen LogP contribution is -2.49. The van der Waals surface area contributed by atoms with Crippen molar-refractivity contribution in [3.05, 3.63) is 29.1 Å². The molecule has 8 heteroatoms. The van der Waals surface area contributed by atoms with Gasteiger partial charge >= 0.3 is 6.18 Å². The van der Waals surface area contributed by atoms with Crippen LogP contribution < -0.4 is 0 Å². The molecule has 22 heavy (non-hydrogen) atoms. The average Bonchev–Trinajstić information content (AvgIpc) is 3.22. The van der Waals surface area contributed by atoms with Crippen molar-refractivity contribution < 1.29 is 18.0 Å². The molecule has 0 saturated heterocycles. The molecular formula is C14H17ClF3N3O. The zero-order chi connectivity index (χ0) is 16.7. The molecule has 0 radical (unpaired) electrons. The summed E-state index contributed by atoms with van der Waals surface area (Å²) in [6.07, 6.45) is -2.68. The Labute approximate surface area is 131 Å². The van der Waals surface area contributed by atoms with Gasteiger partial charge in [-0.3, -0.25) is 9.48 Å². The molecule has 0 bridgehead atoms. The van der Waals surface area contributed by atoms with Crippen LogP contribution in [0.15, 0.2) is 12.7 Å². The van der Waals surface area contributed by atoms with E-state index in [0.29, 0.717) is 18.5 Å². The van der Waals surface area contributed by atoms with E-state index in [2.05, 4.69) is 11.7 Å². The first kappa shape index (κ1) is 16.9. The number of amides is 1. The number of hydrogen-bond acceptors (Lipinski definition) is 2. The number of aryl methyl sites for hydroxylation is 1. The summed E-state index contributed by atoms with van der Waals surface area (Å²) in [4.78, 5) is 12.7. The first-order valence-corrected chi connectivity index (χ1v) is 7.22. The van der Waals surface area contributed by atoms with Crippen LogP contribution in [0.3, 0.4) is 0 Å². The molecule has 0 aromatic carbocycles. The summed E-state index contributed by atoms with van der Waals surface area (Å²) >= 11 is 6.09. The van der Waals surface area contributed by atoms with Crippen LogP contribution in [0, 0.1) is 12.8 Å². The topological polar surface area (TPSA) is 38.1 Å². The Kier molecular flexibility index (Phi) is 4.56. The maximum absolute atomic E-state index is 13.4. The number of rotatable bonds is 5. The zero-order valence-corrected chi connectivity index (χ0v) is 13.1. The predicted octanol–water partition coefficient (Wildman–Crippen LogP) is 3.24. The number of nitrogens with zero attached hydrogens (tertiary/aromatic N) is 3. The number of carbonyl (C=O) groups is 1. The van der Waals surface area contributed by atoms with Gasteiger partial charge in [0.25, 0.3) is 0 Å². The van der Waals surface area contributed by atoms with E-state index >= 15 is 0 Å². The Hall–Kier alpha value is -1.50. The summed E-state index contributed by atoms with van der Waals surface area (Å²) in [5.41, 5.74) is 0.893. The van der Waals surface area contributed by atoms with Crippen LogP contribution in [-0.4, -0.2) is 32.8 Å². The molecule has 1 aliphatic rings. The van der Waals surface area contributed by atoms with Crippen molar-refractivity contribution in [2.24, 2.45) is 13.0 Å². The van der Waals surface area contributed by atoms with Crippen LogP contribution in [0.2, 0.25) is 5.02 Å². The Morgan fingerprint density at radius 2 is 2.18 bits per heavy atom. The molecule has 1 aromatic rings. The highest BCUT2D eigenvalue weighted by atomic mass is 35.5. The molecule has 0 N–H and O–H groups in total. The van der Waals surface area contributed by atoms with Crippen LogP contribution in [-0.2, 0) is 18.4 Å². The minimum Gasteiger partial charge on any atom is -0.321 e. The van der Waals surface area contributed by atoms with Crippen molar-refractivity contribution in [2.45, 2.75) is 38.5 Å². The molecule has 1 heterocycles. The molecule has 122 valence electrons. The van der Waals surface area contributed by atoms with Crippen LogP contribution in [0.5, 0.6) is 0 Å². The zero-order valence-electron chi connectivity index (χ0n) is 12.3. The third-order valence-corrected chi connectivity index (χ3v) is 4.34. The number of carbonyl (C=O) groups excluding carboxylic acids is 1. The van der Waals surface area contributed by atoms with Gasteiger partial charge in [-0.25, -0.2) is 0 Å². The van der Waals surface area contributed by atoms with Crippen molar-refractivity contribution in [3.63, 3.8) is 0 Å². The normalized spacial score (nSPS) is 16.5. The maximum atomic E-state index is 13.4. The second-order valence-corrected chi connectivity index (χ2v) is 5.84. The highest BCUT2D eigenvalue weighted by molar-refractivity contribution is 6.31. The number of alkyl halides is 3. The van der Waals surface area contributed by atoms with Gasteiger partial charge in [0.2, 0.25) is 5.91 Å². The predicted molar refractivity (Wildman–Crippen MR) is 76.3 cm³/mol. The van der Waals surface area contributed by atoms with Gasteiger partial charge in [0.05, 0.1) is 17.3 Å². The van der Waals surface area contributed by atoms with Crippen molar-refractivity contribution in [2.75, 3.05) is 0 Å². The van der Waals surface area contributed by atoms with Crippen LogP contribution in [0.4, 0.5) is 13.2 Å². The molecule has 1 aliphatic carbocycles. The van der Waals surface area contributed by atoms with E-state index in [9.17, 15) is 18.0 Å². The average molecular weight is 336 g/mol. The molecule has 2 rings (SSSR count). The molecule has 1 unspecified atom stereocenters. The van der Waals surface area contributed by atoms with Gasteiger partial charge in [-0.2, -0.15) is 18.3 Å². The number of halogens is 4. The molecule has 0 aliphatic heterocycles. The van der Waals surface area contributed by atoms with Crippen molar-refractivity contribution in [1.82, 2.24) is 14.7 Å². The summed E-state index contributed by atoms with van der Waals surface area (Å²) < 4.78 is 41.6. The quantitative estimate of drug-likeness (QED) is 0.775. The monoisotopic (exact) mass is 335 g/mol. The molecule has 1 saturated carbocycles. The van der Waals surface area contributed by atoms with Crippen LogP contribution in [0.25, 0.3) is 0 Å². The van der Waals surface area contributed by atoms with Gasteiger partial charge in [-0.1, -0.05) is 18.2 Å². The Bertz CT molecular complexity index is 593. The van der Waals surface area contributed by atoms with Gasteiger partial charge in [-0.15, -0.1) is 0 Å². The second-order valence-electron chi connectivity index (χ2n) is 5.46. The van der Waals surface area contributed by atoms with E-state index in [1.807, 2.05) is 0 Å². The van der Waals surface area contributed by atoms with E-state index in [-0.39, 0.29) is 17.3 Å². The van der Waals surface area contributed by atoms with Gasteiger partial charge in [0, 0.05) is 7.05 Å². The molecular weight excluding hydrogens is 319 g/mol. The maximum Gasteiger partial charge on any atom is 0.409 e. The molecule has 1 fully saturated rings. The molecule has 1 aromatic heterocycles. The van der Waals surface area contributed by atoms with Gasteiger partial charge in [0.15, 0.2) is 0 Å². The minimum absolute atomic E-state index is 0.256. The Morgan fingerprint density at radius 3 is 2.55 bits per heavy atom. The largest absolute Gasteiger partial charge is 0.409 e. The first-order chi connectivity index (χ1) is 10.2. The van der Waals surface area contributed by atoms with E-state index in [4.69, 9.17) is 11.6 Å². The second kappa shape index (κ2) is 5.95. The highest BCUT2D eigenvalue weighted by Gasteiger charge is 2.53. The summed E-state index contributed by atoms with van der Waals surface area (Å²) in [7, 11) is 1.65. The fourth-order valence-electron chi connectivity index (χ4n) is 2.45. The summed E-state index contributed by atoms with van der Waals surface area (Å²) in [6, 6.07) is -1.82. The number of hydrogen-bond donors (Lipinski definition) is 0. The van der Waals surface area contributed by atoms with E-state index in [0.717, 1.165) is 11.0 Å². The summed E-state index contributed by atoms with van der Waals surface area (Å²) in [5, 5.41) is 4.38. The van der Waals surface area contributed by atoms with Crippen LogP contribution >= 0.6 is 11.6 Å². The minimum atomic E-state index is -4.49. The van der Waals surface area contributed by atoms with Gasteiger partial charge < -0.3 is 4.90 Å². The molecule has 4 nitrogen and oxygen atoms in total. The van der Waals surface area contributed by atoms with Gasteiger partial charge in [0.1, 0.15) is 11.7 Å². The molecule has 0 spiro atoms. The highest BCUT2D eigenvalue weighted by Crippen LogP contribution is 2.43. The van der Waals surface area contributed by atoms with Crippen molar-refractivity contribution in [3.8, 4) is 0 Å². The Balaban J connectivity index is 2.35. The fourth-order valence-corrected chi connectivity index (χ4v) is 2.67. The third kappa shape index (κ3) is 3.29. The Morgan fingerprint density at radius 1 is 1.59 bits per heavy atom. The smallest absolute Gasteiger partial charge is 0.321 e. The van der Waals surface area contributed by atoms with E-state index in [1.165, 1.54) is 4.68 Å². The lowest BCUT2D eigenvalue weighted by atomic mass is 10.1. The van der Waals surface area contributed by atoms with E-state index in [1.54, 1.807) is 14.0 Å². The van der Waals surface area contributed by atoms with Crippen LogP contribution in [0.1, 0.15) is 24.2 Å². The summed E-state index contributed by atoms with van der Waals surface area (Å²) in [6.45, 7) is 4.72.